The number of nitrogens with zero attached hydrogens (tertiary/aromatic N) is 1. The molecule has 112 valence electrons. The minimum absolute atomic E-state index is 0.110. The summed E-state index contributed by atoms with van der Waals surface area (Å²) in [5.74, 6) is 0.359. The standard InChI is InChI=1S/C18H24N2O/c1-13-5-10-17(18(21)11-13)14(2)19-12-15-6-8-16(9-7-15)20(3)4/h5-11,14,19,21H,12H2,1-4H3. The van der Waals surface area contributed by atoms with Crippen molar-refractivity contribution >= 4 is 5.69 Å². The van der Waals surface area contributed by atoms with Crippen LogP contribution in [-0.2, 0) is 6.54 Å². The van der Waals surface area contributed by atoms with Gasteiger partial charge in [-0.2, -0.15) is 0 Å². The minimum Gasteiger partial charge on any atom is -0.508 e. The van der Waals surface area contributed by atoms with Crippen molar-refractivity contribution in [2.75, 3.05) is 19.0 Å². The Balaban J connectivity index is 1.98. The summed E-state index contributed by atoms with van der Waals surface area (Å²) in [5.41, 5.74) is 4.44. The van der Waals surface area contributed by atoms with Crippen molar-refractivity contribution in [2.24, 2.45) is 0 Å². The lowest BCUT2D eigenvalue weighted by atomic mass is 10.0. The molecule has 2 aromatic rings. The Labute approximate surface area is 127 Å². The Bertz CT molecular complexity index is 591. The van der Waals surface area contributed by atoms with Gasteiger partial charge in [-0.15, -0.1) is 0 Å². The third-order valence-electron chi connectivity index (χ3n) is 3.72. The summed E-state index contributed by atoms with van der Waals surface area (Å²) in [7, 11) is 4.07. The molecule has 0 radical (unpaired) electrons. The number of hydrogen-bond donors (Lipinski definition) is 2. The molecule has 1 unspecified atom stereocenters. The Morgan fingerprint density at radius 1 is 1.10 bits per heavy atom. The summed E-state index contributed by atoms with van der Waals surface area (Å²) in [6.45, 7) is 4.83. The van der Waals surface area contributed by atoms with E-state index in [1.165, 1.54) is 11.3 Å². The summed E-state index contributed by atoms with van der Waals surface area (Å²) in [6, 6.07) is 14.4. The summed E-state index contributed by atoms with van der Waals surface area (Å²) in [5, 5.41) is 13.5. The lowest BCUT2D eigenvalue weighted by Gasteiger charge is -2.17. The van der Waals surface area contributed by atoms with Crippen molar-refractivity contribution in [3.63, 3.8) is 0 Å². The number of aromatic hydroxyl groups is 1. The van der Waals surface area contributed by atoms with Crippen LogP contribution < -0.4 is 10.2 Å². The molecule has 0 heterocycles. The zero-order valence-electron chi connectivity index (χ0n) is 13.2. The maximum absolute atomic E-state index is 10.0. The molecule has 0 aliphatic carbocycles. The van der Waals surface area contributed by atoms with Gasteiger partial charge in [0.1, 0.15) is 5.75 Å². The smallest absolute Gasteiger partial charge is 0.120 e. The quantitative estimate of drug-likeness (QED) is 0.880. The van der Waals surface area contributed by atoms with E-state index in [1.807, 2.05) is 33.2 Å². The van der Waals surface area contributed by atoms with E-state index < -0.39 is 0 Å². The molecule has 2 aromatic carbocycles. The predicted molar refractivity (Wildman–Crippen MR) is 88.9 cm³/mol. The van der Waals surface area contributed by atoms with E-state index >= 15 is 0 Å². The molecule has 21 heavy (non-hydrogen) atoms. The summed E-state index contributed by atoms with van der Waals surface area (Å²) in [4.78, 5) is 2.09. The normalized spacial score (nSPS) is 12.2. The zero-order chi connectivity index (χ0) is 15.4. The van der Waals surface area contributed by atoms with Gasteiger partial charge in [0.25, 0.3) is 0 Å². The third-order valence-corrected chi connectivity index (χ3v) is 3.72. The molecule has 0 aromatic heterocycles. The molecule has 0 saturated carbocycles. The molecule has 0 amide bonds. The lowest BCUT2D eigenvalue weighted by molar-refractivity contribution is 0.452. The number of hydrogen-bond acceptors (Lipinski definition) is 3. The van der Waals surface area contributed by atoms with Gasteiger partial charge >= 0.3 is 0 Å². The molecule has 0 bridgehead atoms. The molecule has 3 nitrogen and oxygen atoms in total. The van der Waals surface area contributed by atoms with Gasteiger partial charge in [-0.25, -0.2) is 0 Å². The van der Waals surface area contributed by atoms with Crippen molar-refractivity contribution in [1.29, 1.82) is 0 Å². The van der Waals surface area contributed by atoms with E-state index in [0.717, 1.165) is 17.7 Å². The first-order valence-corrected chi connectivity index (χ1v) is 7.26. The van der Waals surface area contributed by atoms with Crippen LogP contribution in [0.15, 0.2) is 42.5 Å². The summed E-state index contributed by atoms with van der Waals surface area (Å²) < 4.78 is 0. The molecule has 1 atom stereocenters. The second kappa shape index (κ2) is 6.64. The molecular weight excluding hydrogens is 260 g/mol. The SMILES string of the molecule is Cc1ccc(C(C)NCc2ccc(N(C)C)cc2)c(O)c1. The maximum atomic E-state index is 10.0. The predicted octanol–water partition coefficient (Wildman–Crippen LogP) is 3.62. The van der Waals surface area contributed by atoms with Crippen molar-refractivity contribution in [3.05, 3.63) is 59.2 Å². The van der Waals surface area contributed by atoms with Gasteiger partial charge in [-0.05, 0) is 43.2 Å². The van der Waals surface area contributed by atoms with Gasteiger partial charge in [0, 0.05) is 37.9 Å². The molecule has 0 aliphatic rings. The van der Waals surface area contributed by atoms with Crippen LogP contribution in [0.1, 0.15) is 29.7 Å². The Hall–Kier alpha value is -2.00. The number of anilines is 1. The van der Waals surface area contributed by atoms with E-state index in [-0.39, 0.29) is 6.04 Å². The number of nitrogens with one attached hydrogen (secondary N) is 1. The number of aryl methyl sites for hydroxylation is 1. The van der Waals surface area contributed by atoms with E-state index in [9.17, 15) is 5.11 Å². The highest BCUT2D eigenvalue weighted by atomic mass is 16.3. The van der Waals surface area contributed by atoms with E-state index in [2.05, 4.69) is 41.4 Å². The number of phenols is 1. The van der Waals surface area contributed by atoms with Gasteiger partial charge in [0.2, 0.25) is 0 Å². The monoisotopic (exact) mass is 284 g/mol. The first-order valence-electron chi connectivity index (χ1n) is 7.26. The highest BCUT2D eigenvalue weighted by Crippen LogP contribution is 2.25. The average molecular weight is 284 g/mol. The maximum Gasteiger partial charge on any atom is 0.120 e. The molecule has 2 rings (SSSR count). The van der Waals surface area contributed by atoms with Crippen LogP contribution in [-0.4, -0.2) is 19.2 Å². The van der Waals surface area contributed by atoms with Crippen LogP contribution in [0.25, 0.3) is 0 Å². The van der Waals surface area contributed by atoms with Gasteiger partial charge < -0.3 is 15.3 Å². The van der Waals surface area contributed by atoms with Gasteiger partial charge in [0.05, 0.1) is 0 Å². The van der Waals surface area contributed by atoms with Crippen molar-refractivity contribution in [1.82, 2.24) is 5.32 Å². The van der Waals surface area contributed by atoms with Gasteiger partial charge in [-0.1, -0.05) is 24.3 Å². The van der Waals surface area contributed by atoms with Crippen LogP contribution in [0.2, 0.25) is 0 Å². The minimum atomic E-state index is 0.110. The highest BCUT2D eigenvalue weighted by molar-refractivity contribution is 5.46. The number of rotatable bonds is 5. The molecule has 0 spiro atoms. The zero-order valence-corrected chi connectivity index (χ0v) is 13.2. The van der Waals surface area contributed by atoms with Gasteiger partial charge in [-0.3, -0.25) is 0 Å². The van der Waals surface area contributed by atoms with Gasteiger partial charge in [0.15, 0.2) is 0 Å². The van der Waals surface area contributed by atoms with Crippen LogP contribution in [0, 0.1) is 6.92 Å². The topological polar surface area (TPSA) is 35.5 Å². The molecular formula is C18H24N2O. The molecule has 2 N–H and O–H groups in total. The molecule has 0 saturated heterocycles. The van der Waals surface area contributed by atoms with E-state index in [1.54, 1.807) is 6.07 Å². The second-order valence-corrected chi connectivity index (χ2v) is 5.73. The Morgan fingerprint density at radius 3 is 2.33 bits per heavy atom. The largest absolute Gasteiger partial charge is 0.508 e. The fraction of sp³-hybridized carbons (Fsp3) is 0.333. The molecule has 0 aliphatic heterocycles. The van der Waals surface area contributed by atoms with Crippen LogP contribution in [0.3, 0.4) is 0 Å². The molecule has 0 fully saturated rings. The highest BCUT2D eigenvalue weighted by Gasteiger charge is 2.09. The van der Waals surface area contributed by atoms with Crippen LogP contribution >= 0.6 is 0 Å². The first kappa shape index (κ1) is 15.4. The van der Waals surface area contributed by atoms with Crippen LogP contribution in [0.4, 0.5) is 5.69 Å². The fourth-order valence-corrected chi connectivity index (χ4v) is 2.31. The molecule has 3 heteroatoms. The van der Waals surface area contributed by atoms with Crippen molar-refractivity contribution in [2.45, 2.75) is 26.4 Å². The Kier molecular flexibility index (Phi) is 4.86. The van der Waals surface area contributed by atoms with Crippen molar-refractivity contribution < 1.29 is 5.11 Å². The van der Waals surface area contributed by atoms with Crippen LogP contribution in [0.5, 0.6) is 5.75 Å². The Morgan fingerprint density at radius 2 is 1.76 bits per heavy atom. The fourth-order valence-electron chi connectivity index (χ4n) is 2.31. The van der Waals surface area contributed by atoms with E-state index in [0.29, 0.717) is 5.75 Å². The number of benzene rings is 2. The lowest BCUT2D eigenvalue weighted by Crippen LogP contribution is -2.18. The number of phenolic OH excluding ortho intramolecular Hbond substituents is 1. The summed E-state index contributed by atoms with van der Waals surface area (Å²) >= 11 is 0. The van der Waals surface area contributed by atoms with Crippen molar-refractivity contribution in [3.8, 4) is 5.75 Å². The summed E-state index contributed by atoms with van der Waals surface area (Å²) in [6.07, 6.45) is 0. The first-order chi connectivity index (χ1) is 9.97. The second-order valence-electron chi connectivity index (χ2n) is 5.73. The third kappa shape index (κ3) is 3.99. The van der Waals surface area contributed by atoms with E-state index in [4.69, 9.17) is 0 Å². The average Bonchev–Trinajstić information content (AvgIpc) is 2.45.